The number of hydrogen-bond acceptors (Lipinski definition) is 7. The second-order valence-corrected chi connectivity index (χ2v) is 7.88. The number of benzene rings is 2. The van der Waals surface area contributed by atoms with E-state index >= 15 is 0 Å². The van der Waals surface area contributed by atoms with Gasteiger partial charge in [0.05, 0.1) is 49.3 Å². The summed E-state index contributed by atoms with van der Waals surface area (Å²) in [4.78, 5) is 19.4. The Hall–Kier alpha value is -3.27. The summed E-state index contributed by atoms with van der Waals surface area (Å²) in [7, 11) is 4.73. The molecule has 172 valence electrons. The molecule has 0 atom stereocenters. The molecule has 0 aliphatic heterocycles. The van der Waals surface area contributed by atoms with Gasteiger partial charge in [0.25, 0.3) is 5.56 Å². The molecule has 1 N–H and O–H groups in total. The zero-order valence-corrected chi connectivity index (χ0v) is 19.6. The number of rotatable bonds is 7. The van der Waals surface area contributed by atoms with E-state index in [4.69, 9.17) is 32.7 Å². The number of aryl methyl sites for hydroxylation is 1. The van der Waals surface area contributed by atoms with Crippen LogP contribution in [0.5, 0.6) is 11.5 Å². The molecule has 0 amide bonds. The molecule has 0 saturated heterocycles. The average molecular weight is 490 g/mol. The van der Waals surface area contributed by atoms with E-state index in [-0.39, 0.29) is 28.8 Å². The van der Waals surface area contributed by atoms with Gasteiger partial charge in [-0.2, -0.15) is 5.10 Å². The SMILES string of the molecule is COc1cc(OC)c(Cl)c(N(CCO)c2ccc3ncn(-c4cnn(C)c4)c(=O)c3c2)c1Cl. The van der Waals surface area contributed by atoms with Crippen molar-refractivity contribution in [3.63, 3.8) is 0 Å². The predicted octanol–water partition coefficient (Wildman–Crippen LogP) is 3.57. The Labute approximate surface area is 199 Å². The lowest BCUT2D eigenvalue weighted by Crippen LogP contribution is -2.23. The summed E-state index contributed by atoms with van der Waals surface area (Å²) in [6.45, 7) is -0.0461. The van der Waals surface area contributed by atoms with Gasteiger partial charge >= 0.3 is 0 Å². The second-order valence-electron chi connectivity index (χ2n) is 7.13. The molecule has 11 heteroatoms. The molecular formula is C22H21Cl2N5O4. The fourth-order valence-corrected chi connectivity index (χ4v) is 4.28. The Morgan fingerprint density at radius 3 is 2.39 bits per heavy atom. The van der Waals surface area contributed by atoms with E-state index in [1.165, 1.54) is 25.1 Å². The van der Waals surface area contributed by atoms with E-state index in [1.54, 1.807) is 53.3 Å². The van der Waals surface area contributed by atoms with Gasteiger partial charge in [-0.15, -0.1) is 0 Å². The van der Waals surface area contributed by atoms with Crippen molar-refractivity contribution in [2.24, 2.45) is 7.05 Å². The minimum Gasteiger partial charge on any atom is -0.495 e. The molecule has 0 saturated carbocycles. The number of methoxy groups -OCH3 is 2. The van der Waals surface area contributed by atoms with Crippen LogP contribution >= 0.6 is 23.2 Å². The highest BCUT2D eigenvalue weighted by Gasteiger charge is 2.24. The normalized spacial score (nSPS) is 11.1. The molecule has 0 radical (unpaired) electrons. The number of hydrogen-bond donors (Lipinski definition) is 1. The third-order valence-corrected chi connectivity index (χ3v) is 5.90. The number of aromatic nitrogens is 4. The van der Waals surface area contributed by atoms with Crippen molar-refractivity contribution in [2.45, 2.75) is 0 Å². The lowest BCUT2D eigenvalue weighted by atomic mass is 10.1. The van der Waals surface area contributed by atoms with Crippen molar-refractivity contribution in [3.8, 4) is 17.2 Å². The molecule has 0 spiro atoms. The molecule has 0 fully saturated rings. The van der Waals surface area contributed by atoms with Crippen LogP contribution in [-0.2, 0) is 7.05 Å². The number of anilines is 2. The summed E-state index contributed by atoms with van der Waals surface area (Å²) in [6.07, 6.45) is 4.77. The van der Waals surface area contributed by atoms with Gasteiger partial charge in [-0.3, -0.25) is 14.0 Å². The zero-order valence-electron chi connectivity index (χ0n) is 18.1. The van der Waals surface area contributed by atoms with Crippen LogP contribution < -0.4 is 19.9 Å². The highest BCUT2D eigenvalue weighted by atomic mass is 35.5. The van der Waals surface area contributed by atoms with Crippen LogP contribution in [0.25, 0.3) is 16.6 Å². The maximum Gasteiger partial charge on any atom is 0.265 e. The summed E-state index contributed by atoms with van der Waals surface area (Å²) in [5, 5.41) is 14.8. The lowest BCUT2D eigenvalue weighted by molar-refractivity contribution is 0.305. The fourth-order valence-electron chi connectivity index (χ4n) is 3.57. The minimum absolute atomic E-state index is 0.151. The Morgan fingerprint density at radius 1 is 1.12 bits per heavy atom. The Kier molecular flexibility index (Phi) is 6.46. The van der Waals surface area contributed by atoms with Gasteiger partial charge in [-0.25, -0.2) is 4.98 Å². The molecule has 2 aromatic heterocycles. The van der Waals surface area contributed by atoms with E-state index in [2.05, 4.69) is 10.1 Å². The van der Waals surface area contributed by atoms with Crippen LogP contribution in [-0.4, -0.2) is 51.8 Å². The second kappa shape index (κ2) is 9.30. The molecule has 0 aliphatic rings. The molecule has 0 unspecified atom stereocenters. The predicted molar refractivity (Wildman–Crippen MR) is 128 cm³/mol. The smallest absolute Gasteiger partial charge is 0.265 e. The van der Waals surface area contributed by atoms with Gasteiger partial charge in [0.2, 0.25) is 0 Å². The van der Waals surface area contributed by atoms with E-state index in [9.17, 15) is 9.90 Å². The first-order valence-corrected chi connectivity index (χ1v) is 10.6. The van der Waals surface area contributed by atoms with Gasteiger partial charge in [0.15, 0.2) is 0 Å². The average Bonchev–Trinajstić information content (AvgIpc) is 3.25. The summed E-state index contributed by atoms with van der Waals surface area (Å²) >= 11 is 13.2. The van der Waals surface area contributed by atoms with Crippen LogP contribution in [0, 0.1) is 0 Å². The van der Waals surface area contributed by atoms with Gasteiger partial charge in [-0.05, 0) is 18.2 Å². The van der Waals surface area contributed by atoms with Crippen molar-refractivity contribution < 1.29 is 14.6 Å². The summed E-state index contributed by atoms with van der Waals surface area (Å²) in [5.74, 6) is 0.717. The first kappa shape index (κ1) is 22.9. The third kappa shape index (κ3) is 4.10. The molecule has 0 bridgehead atoms. The fraction of sp³-hybridized carbons (Fsp3) is 0.227. The van der Waals surface area contributed by atoms with Crippen LogP contribution in [0.4, 0.5) is 11.4 Å². The number of aliphatic hydroxyl groups is 1. The van der Waals surface area contributed by atoms with Gasteiger partial charge in [0, 0.05) is 31.5 Å². The first-order valence-electron chi connectivity index (χ1n) is 9.88. The standard InChI is InChI=1S/C22H21Cl2N5O4/c1-27-11-14(10-26-27)29-12-25-16-5-4-13(8-15(16)22(29)31)28(6-7-30)21-19(23)17(32-2)9-18(33-3)20(21)24/h4-5,8-12,30H,6-7H2,1-3H3. The lowest BCUT2D eigenvalue weighted by Gasteiger charge is -2.28. The summed E-state index contributed by atoms with van der Waals surface area (Å²) in [5.41, 5.74) is 1.82. The van der Waals surface area contributed by atoms with Crippen LogP contribution in [0.3, 0.4) is 0 Å². The maximum absolute atomic E-state index is 13.3. The maximum atomic E-state index is 13.3. The topological polar surface area (TPSA) is 94.6 Å². The van der Waals surface area contributed by atoms with E-state index in [1.807, 2.05) is 0 Å². The first-order chi connectivity index (χ1) is 15.9. The molecule has 2 aromatic carbocycles. The van der Waals surface area contributed by atoms with E-state index < -0.39 is 0 Å². The van der Waals surface area contributed by atoms with Crippen molar-refractivity contribution in [1.29, 1.82) is 0 Å². The number of halogens is 2. The van der Waals surface area contributed by atoms with Crippen molar-refractivity contribution in [3.05, 3.63) is 63.4 Å². The Balaban J connectivity index is 1.92. The largest absolute Gasteiger partial charge is 0.495 e. The van der Waals surface area contributed by atoms with Crippen molar-refractivity contribution in [1.82, 2.24) is 19.3 Å². The van der Waals surface area contributed by atoms with E-state index in [0.29, 0.717) is 39.5 Å². The monoisotopic (exact) mass is 489 g/mol. The van der Waals surface area contributed by atoms with Gasteiger partial charge in [0.1, 0.15) is 27.9 Å². The summed E-state index contributed by atoms with van der Waals surface area (Å²) in [6, 6.07) is 6.77. The Bertz CT molecular complexity index is 1360. The van der Waals surface area contributed by atoms with Crippen molar-refractivity contribution >= 4 is 45.5 Å². The molecule has 0 aliphatic carbocycles. The number of aliphatic hydroxyl groups excluding tert-OH is 1. The molecular weight excluding hydrogens is 469 g/mol. The molecule has 2 heterocycles. The third-order valence-electron chi connectivity index (χ3n) is 5.17. The van der Waals surface area contributed by atoms with Crippen LogP contribution in [0.2, 0.25) is 10.0 Å². The highest BCUT2D eigenvalue weighted by molar-refractivity contribution is 6.41. The van der Waals surface area contributed by atoms with Crippen LogP contribution in [0.1, 0.15) is 0 Å². The van der Waals surface area contributed by atoms with Gasteiger partial charge < -0.3 is 19.5 Å². The molecule has 9 nitrogen and oxygen atoms in total. The van der Waals surface area contributed by atoms with Crippen LogP contribution in [0.15, 0.2) is 47.8 Å². The number of nitrogens with zero attached hydrogens (tertiary/aromatic N) is 5. The Morgan fingerprint density at radius 2 is 1.82 bits per heavy atom. The minimum atomic E-state index is -0.265. The van der Waals surface area contributed by atoms with Crippen molar-refractivity contribution in [2.75, 3.05) is 32.3 Å². The quantitative estimate of drug-likeness (QED) is 0.423. The molecule has 4 aromatic rings. The highest BCUT2D eigenvalue weighted by Crippen LogP contribution is 2.48. The summed E-state index contributed by atoms with van der Waals surface area (Å²) < 4.78 is 13.8. The van der Waals surface area contributed by atoms with E-state index in [0.717, 1.165) is 0 Å². The van der Waals surface area contributed by atoms with Gasteiger partial charge in [-0.1, -0.05) is 23.2 Å². The zero-order chi connectivity index (χ0) is 23.7. The molecule has 33 heavy (non-hydrogen) atoms. The number of fused-ring (bicyclic) bond motifs is 1. The molecule has 4 rings (SSSR count). The number of ether oxygens (including phenoxy) is 2.